The highest BCUT2D eigenvalue weighted by molar-refractivity contribution is 5.67. The van der Waals surface area contributed by atoms with Crippen LogP contribution < -0.4 is 0 Å². The summed E-state index contributed by atoms with van der Waals surface area (Å²) in [6, 6.07) is 7.59. The van der Waals surface area contributed by atoms with Gasteiger partial charge in [-0.15, -0.1) is 0 Å². The zero-order valence-corrected chi connectivity index (χ0v) is 19.4. The molecule has 0 aliphatic carbocycles. The summed E-state index contributed by atoms with van der Waals surface area (Å²) >= 11 is 0. The number of aliphatic hydroxyl groups excluding tert-OH is 1. The van der Waals surface area contributed by atoms with Crippen LogP contribution in [-0.4, -0.2) is 64.1 Å². The van der Waals surface area contributed by atoms with E-state index in [2.05, 4.69) is 4.74 Å². The fraction of sp³-hybridized carbons (Fsp3) is 0.435. The van der Waals surface area contributed by atoms with Crippen LogP contribution >= 0.6 is 0 Å². The first-order chi connectivity index (χ1) is 16.5. The SMILES string of the molecule is C.COC(=O)N1CCN([C@@H](C)c2cccc([N+](=O)[O-])c2F)CC1.C[C@@H](O)c1cccc([N+](=O)[O-])c1F. The van der Waals surface area contributed by atoms with Crippen molar-refractivity contribution in [2.45, 2.75) is 33.4 Å². The minimum atomic E-state index is -1.04. The third-order valence-electron chi connectivity index (χ3n) is 5.60. The van der Waals surface area contributed by atoms with Crippen LogP contribution in [0.25, 0.3) is 0 Å². The number of benzene rings is 2. The molecule has 1 saturated heterocycles. The topological polar surface area (TPSA) is 139 Å². The lowest BCUT2D eigenvalue weighted by Gasteiger charge is -2.37. The third kappa shape index (κ3) is 7.15. The molecule has 1 fully saturated rings. The number of nitro benzene ring substituents is 2. The van der Waals surface area contributed by atoms with Crippen LogP contribution in [0.4, 0.5) is 25.0 Å². The number of amides is 1. The van der Waals surface area contributed by atoms with Crippen LogP contribution in [0.5, 0.6) is 0 Å². The van der Waals surface area contributed by atoms with Gasteiger partial charge in [-0.3, -0.25) is 25.1 Å². The van der Waals surface area contributed by atoms with E-state index in [1.54, 1.807) is 17.9 Å². The second kappa shape index (κ2) is 13.4. The first-order valence-electron chi connectivity index (χ1n) is 10.6. The maximum atomic E-state index is 14.2. The normalized spacial score (nSPS) is 15.0. The average Bonchev–Trinajstić information content (AvgIpc) is 2.83. The van der Waals surface area contributed by atoms with Gasteiger partial charge in [0.2, 0.25) is 11.6 Å². The molecule has 198 valence electrons. The molecule has 13 heteroatoms. The standard InChI is InChI=1S/C14H18FN3O4.C8H8FNO3.CH4/c1-10(11-4-3-5-12(13(11)15)18(20)21)16-6-8-17(9-7-16)14(19)22-2;1-5(11)6-3-2-4-7(8(6)9)10(12)13;/h3-5,10H,6-9H2,1-2H3;2-5,11H,1H3;1H4/t10-;5-;/m01./s1. The van der Waals surface area contributed by atoms with Crippen LogP contribution in [0, 0.1) is 31.9 Å². The molecule has 11 nitrogen and oxygen atoms in total. The molecular formula is C23H30F2N4O7. The summed E-state index contributed by atoms with van der Waals surface area (Å²) < 4.78 is 32.1. The Balaban J connectivity index is 0.000000397. The van der Waals surface area contributed by atoms with Gasteiger partial charge in [-0.2, -0.15) is 8.78 Å². The smallest absolute Gasteiger partial charge is 0.409 e. The molecule has 1 aliphatic rings. The van der Waals surface area contributed by atoms with Crippen molar-refractivity contribution < 1.29 is 33.3 Å². The van der Waals surface area contributed by atoms with E-state index < -0.39 is 39.0 Å². The molecule has 0 bridgehead atoms. The largest absolute Gasteiger partial charge is 0.453 e. The van der Waals surface area contributed by atoms with E-state index in [-0.39, 0.29) is 25.1 Å². The van der Waals surface area contributed by atoms with Gasteiger partial charge < -0.3 is 14.7 Å². The summed E-state index contributed by atoms with van der Waals surface area (Å²) in [6.45, 7) is 5.22. The summed E-state index contributed by atoms with van der Waals surface area (Å²) in [4.78, 5) is 34.6. The third-order valence-corrected chi connectivity index (χ3v) is 5.60. The first-order valence-corrected chi connectivity index (χ1v) is 10.6. The molecule has 1 aliphatic heterocycles. The van der Waals surface area contributed by atoms with Gasteiger partial charge in [0.05, 0.1) is 23.1 Å². The number of nitrogens with zero attached hydrogens (tertiary/aromatic N) is 4. The van der Waals surface area contributed by atoms with Gasteiger partial charge in [-0.1, -0.05) is 31.7 Å². The van der Waals surface area contributed by atoms with Gasteiger partial charge in [-0.05, 0) is 13.8 Å². The molecule has 3 rings (SSSR count). The molecule has 2 aromatic rings. The van der Waals surface area contributed by atoms with Crippen molar-refractivity contribution in [2.24, 2.45) is 0 Å². The Morgan fingerprint density at radius 2 is 1.39 bits per heavy atom. The number of rotatable bonds is 5. The lowest BCUT2D eigenvalue weighted by molar-refractivity contribution is -0.387. The Labute approximate surface area is 207 Å². The van der Waals surface area contributed by atoms with Crippen molar-refractivity contribution in [2.75, 3.05) is 33.3 Å². The second-order valence-electron chi connectivity index (χ2n) is 7.72. The zero-order chi connectivity index (χ0) is 26.3. The van der Waals surface area contributed by atoms with E-state index in [0.29, 0.717) is 31.7 Å². The predicted molar refractivity (Wildman–Crippen MR) is 127 cm³/mol. The highest BCUT2D eigenvalue weighted by Crippen LogP contribution is 2.29. The summed E-state index contributed by atoms with van der Waals surface area (Å²) in [5.74, 6) is -1.77. The van der Waals surface area contributed by atoms with Crippen molar-refractivity contribution in [3.8, 4) is 0 Å². The van der Waals surface area contributed by atoms with Crippen LogP contribution in [0.1, 0.15) is 44.5 Å². The van der Waals surface area contributed by atoms with Gasteiger partial charge in [0.1, 0.15) is 0 Å². The predicted octanol–water partition coefficient (Wildman–Crippen LogP) is 4.60. The number of aliphatic hydroxyl groups is 1. The molecule has 0 saturated carbocycles. The Morgan fingerprint density at radius 1 is 0.944 bits per heavy atom. The average molecular weight is 513 g/mol. The van der Waals surface area contributed by atoms with Crippen molar-refractivity contribution in [1.29, 1.82) is 0 Å². The Kier molecular flexibility index (Phi) is 11.3. The lowest BCUT2D eigenvalue weighted by atomic mass is 10.0. The van der Waals surface area contributed by atoms with E-state index >= 15 is 0 Å². The Bertz CT molecular complexity index is 1080. The molecule has 2 atom stereocenters. The van der Waals surface area contributed by atoms with Crippen LogP contribution in [0.15, 0.2) is 36.4 Å². The highest BCUT2D eigenvalue weighted by Gasteiger charge is 2.28. The number of hydrogen-bond donors (Lipinski definition) is 1. The monoisotopic (exact) mass is 512 g/mol. The van der Waals surface area contributed by atoms with E-state index in [0.717, 1.165) is 12.1 Å². The molecule has 1 N–H and O–H groups in total. The first kappa shape index (κ1) is 30.3. The maximum absolute atomic E-state index is 14.2. The molecule has 36 heavy (non-hydrogen) atoms. The molecular weight excluding hydrogens is 482 g/mol. The van der Waals surface area contributed by atoms with Gasteiger partial charge in [0.15, 0.2) is 0 Å². The minimum Gasteiger partial charge on any atom is -0.453 e. The van der Waals surface area contributed by atoms with Crippen LogP contribution in [0.3, 0.4) is 0 Å². The number of carbonyl (C=O) groups is 1. The summed E-state index contributed by atoms with van der Waals surface area (Å²) in [5.41, 5.74) is -0.897. The number of nitro groups is 2. The van der Waals surface area contributed by atoms with Gasteiger partial charge >= 0.3 is 17.5 Å². The minimum absolute atomic E-state index is 0. The highest BCUT2D eigenvalue weighted by atomic mass is 19.1. The number of methoxy groups -OCH3 is 1. The maximum Gasteiger partial charge on any atom is 0.409 e. The van der Waals surface area contributed by atoms with Gasteiger partial charge in [-0.25, -0.2) is 4.79 Å². The Hall–Kier alpha value is -3.71. The van der Waals surface area contributed by atoms with Crippen molar-refractivity contribution >= 4 is 17.5 Å². The zero-order valence-electron chi connectivity index (χ0n) is 19.4. The molecule has 0 unspecified atom stereocenters. The number of hydrogen-bond acceptors (Lipinski definition) is 8. The Morgan fingerprint density at radius 3 is 1.81 bits per heavy atom. The van der Waals surface area contributed by atoms with Crippen LogP contribution in [0.2, 0.25) is 0 Å². The van der Waals surface area contributed by atoms with E-state index in [1.807, 2.05) is 4.90 Å². The summed E-state index contributed by atoms with van der Waals surface area (Å²) in [5, 5.41) is 30.1. The summed E-state index contributed by atoms with van der Waals surface area (Å²) in [7, 11) is 1.33. The van der Waals surface area contributed by atoms with Crippen LogP contribution in [-0.2, 0) is 4.74 Å². The van der Waals surface area contributed by atoms with Crippen molar-refractivity contribution in [1.82, 2.24) is 9.80 Å². The van der Waals surface area contributed by atoms with Crippen molar-refractivity contribution in [3.05, 3.63) is 79.4 Å². The fourth-order valence-electron chi connectivity index (χ4n) is 3.62. The van der Waals surface area contributed by atoms with Crippen molar-refractivity contribution in [3.63, 3.8) is 0 Å². The fourth-order valence-corrected chi connectivity index (χ4v) is 3.62. The number of piperazine rings is 1. The number of carbonyl (C=O) groups excluding carboxylic acids is 1. The molecule has 2 aromatic carbocycles. The second-order valence-corrected chi connectivity index (χ2v) is 7.72. The van der Waals surface area contributed by atoms with E-state index in [4.69, 9.17) is 5.11 Å². The van der Waals surface area contributed by atoms with Gasteiger partial charge in [0.25, 0.3) is 0 Å². The van der Waals surface area contributed by atoms with Gasteiger partial charge in [0, 0.05) is 55.5 Å². The molecule has 1 heterocycles. The molecule has 0 radical (unpaired) electrons. The molecule has 0 spiro atoms. The van der Waals surface area contributed by atoms with E-state index in [1.165, 1.54) is 32.2 Å². The number of ether oxygens (including phenoxy) is 1. The number of halogens is 2. The molecule has 1 amide bonds. The lowest BCUT2D eigenvalue weighted by Crippen LogP contribution is -2.49. The quantitative estimate of drug-likeness (QED) is 0.453. The van der Waals surface area contributed by atoms with E-state index in [9.17, 15) is 33.8 Å². The molecule has 0 aromatic heterocycles. The summed E-state index contributed by atoms with van der Waals surface area (Å²) in [6.07, 6.45) is -1.42.